The Kier molecular flexibility index (Phi) is 8.98. The summed E-state index contributed by atoms with van der Waals surface area (Å²) in [5, 5.41) is 14.6. The van der Waals surface area contributed by atoms with Crippen LogP contribution in [0.25, 0.3) is 75.8 Å². The average molecular weight is 817 g/mol. The molecule has 0 aliphatic carbocycles. The Balaban J connectivity index is 1.21. The van der Waals surface area contributed by atoms with Gasteiger partial charge in [-0.15, -0.1) is 0 Å². The number of para-hydroxylation sites is 2. The summed E-state index contributed by atoms with van der Waals surface area (Å²) >= 11 is 0. The maximum absolute atomic E-state index is 2.50. The van der Waals surface area contributed by atoms with Crippen molar-refractivity contribution in [1.29, 1.82) is 0 Å². The highest BCUT2D eigenvalue weighted by molar-refractivity contribution is 6.31. The van der Waals surface area contributed by atoms with Gasteiger partial charge in [0.15, 0.2) is 0 Å². The van der Waals surface area contributed by atoms with Crippen LogP contribution in [0.2, 0.25) is 0 Å². The largest absolute Gasteiger partial charge is 0.309 e. The third-order valence-electron chi connectivity index (χ3n) is 13.3. The number of rotatable bonds is 7. The van der Waals surface area contributed by atoms with Crippen molar-refractivity contribution in [2.45, 2.75) is 13.8 Å². The van der Waals surface area contributed by atoms with E-state index in [9.17, 15) is 0 Å². The van der Waals surface area contributed by atoms with E-state index in [0.29, 0.717) is 0 Å². The number of fused-ring (bicyclic) bond motifs is 6. The minimum Gasteiger partial charge on any atom is -0.309 e. The van der Waals surface area contributed by atoms with Crippen LogP contribution in [0.1, 0.15) is 11.1 Å². The average Bonchev–Trinajstić information content (AvgIpc) is 3.36. The third kappa shape index (κ3) is 5.87. The van der Waals surface area contributed by atoms with Gasteiger partial charge in [0.25, 0.3) is 0 Å². The Labute approximate surface area is 373 Å². The van der Waals surface area contributed by atoms with E-state index in [1.165, 1.54) is 98.3 Å². The molecule has 0 saturated carbocycles. The van der Waals surface area contributed by atoms with E-state index >= 15 is 0 Å². The van der Waals surface area contributed by atoms with Crippen LogP contribution in [0.5, 0.6) is 0 Å². The number of aryl methyl sites for hydroxylation is 2. The number of nitrogens with zero attached hydrogens (tertiary/aromatic N) is 2. The molecule has 0 aromatic heterocycles. The van der Waals surface area contributed by atoms with E-state index in [0.717, 1.165) is 22.7 Å². The van der Waals surface area contributed by atoms with E-state index in [1.807, 2.05) is 0 Å². The van der Waals surface area contributed by atoms with E-state index in [4.69, 9.17) is 0 Å². The SMILES string of the molecule is Cc1ccc(N(c2ccccc2)c2c3ccccc3c(-c3c4ccccc4c(N(c4ccccc4)c4ccc(C)c5ccccc45)c4ccccc34)c3ccccc23)c2ccccc12. The van der Waals surface area contributed by atoms with Crippen LogP contribution >= 0.6 is 0 Å². The molecule has 12 aromatic rings. The summed E-state index contributed by atoms with van der Waals surface area (Å²) in [6, 6.07) is 84.8. The van der Waals surface area contributed by atoms with Crippen molar-refractivity contribution < 1.29 is 0 Å². The number of anilines is 6. The normalized spacial score (nSPS) is 11.6. The van der Waals surface area contributed by atoms with Crippen molar-refractivity contribution in [2.75, 3.05) is 9.80 Å². The zero-order valence-electron chi connectivity index (χ0n) is 35.8. The number of hydrogen-bond acceptors (Lipinski definition) is 2. The van der Waals surface area contributed by atoms with Crippen LogP contribution in [0.3, 0.4) is 0 Å². The molecule has 0 saturated heterocycles. The van der Waals surface area contributed by atoms with Crippen molar-refractivity contribution in [1.82, 2.24) is 0 Å². The van der Waals surface area contributed by atoms with Gasteiger partial charge in [0.2, 0.25) is 0 Å². The van der Waals surface area contributed by atoms with Crippen LogP contribution in [0.4, 0.5) is 34.1 Å². The smallest absolute Gasteiger partial charge is 0.0619 e. The minimum atomic E-state index is 1.12. The Morgan fingerprint density at radius 2 is 0.469 bits per heavy atom. The van der Waals surface area contributed by atoms with Gasteiger partial charge in [0.05, 0.1) is 22.7 Å². The van der Waals surface area contributed by atoms with Gasteiger partial charge < -0.3 is 9.80 Å². The first-order valence-electron chi connectivity index (χ1n) is 22.2. The second-order valence-electron chi connectivity index (χ2n) is 16.9. The van der Waals surface area contributed by atoms with Crippen molar-refractivity contribution in [2.24, 2.45) is 0 Å². The Morgan fingerprint density at radius 3 is 0.781 bits per heavy atom. The highest BCUT2D eigenvalue weighted by Crippen LogP contribution is 2.54. The van der Waals surface area contributed by atoms with E-state index < -0.39 is 0 Å². The summed E-state index contributed by atoms with van der Waals surface area (Å²) in [6.07, 6.45) is 0. The molecule has 12 aromatic carbocycles. The fourth-order valence-electron chi connectivity index (χ4n) is 10.4. The number of hydrogen-bond donors (Lipinski definition) is 0. The predicted octanol–water partition coefficient (Wildman–Crippen LogP) is 17.8. The third-order valence-corrected chi connectivity index (χ3v) is 13.3. The van der Waals surface area contributed by atoms with Crippen LogP contribution in [0, 0.1) is 13.8 Å². The fourth-order valence-corrected chi connectivity index (χ4v) is 10.4. The molecular formula is C62H44N2. The molecule has 0 bridgehead atoms. The van der Waals surface area contributed by atoms with Gasteiger partial charge in [-0.2, -0.15) is 0 Å². The molecule has 0 fully saturated rings. The van der Waals surface area contributed by atoms with Crippen molar-refractivity contribution in [3.8, 4) is 11.1 Å². The van der Waals surface area contributed by atoms with Crippen molar-refractivity contribution in [3.05, 3.63) is 242 Å². The Morgan fingerprint density at radius 1 is 0.219 bits per heavy atom. The second-order valence-corrected chi connectivity index (χ2v) is 16.9. The maximum Gasteiger partial charge on any atom is 0.0619 e. The summed E-state index contributed by atoms with van der Waals surface area (Å²) < 4.78 is 0. The van der Waals surface area contributed by atoms with Gasteiger partial charge in [-0.05, 0) is 105 Å². The summed E-state index contributed by atoms with van der Waals surface area (Å²) in [5.74, 6) is 0. The van der Waals surface area contributed by atoms with Gasteiger partial charge in [-0.25, -0.2) is 0 Å². The Bertz CT molecular complexity index is 3400. The van der Waals surface area contributed by atoms with Gasteiger partial charge >= 0.3 is 0 Å². The second kappa shape index (κ2) is 15.3. The fraction of sp³-hybridized carbons (Fsp3) is 0.0323. The van der Waals surface area contributed by atoms with Gasteiger partial charge in [-0.1, -0.05) is 194 Å². The molecule has 0 radical (unpaired) electrons. The standard InChI is InChI=1S/C62H44N2/c1-41-37-39-57(47-27-11-9-25-45(41)47)63(43-21-5-3-6-22-43)61-53-33-17-13-29-49(53)59(50-30-14-18-34-54(50)61)60-51-31-15-19-35-55(51)62(56-36-20-16-32-52(56)60)64(44-23-7-4-8-24-44)58-40-38-42(2)46-26-10-12-28-48(46)58/h3-40H,1-2H3. The highest BCUT2D eigenvalue weighted by Gasteiger charge is 2.28. The molecule has 0 unspecified atom stereocenters. The lowest BCUT2D eigenvalue weighted by Gasteiger charge is -2.32. The first kappa shape index (κ1) is 37.6. The van der Waals surface area contributed by atoms with Crippen LogP contribution in [-0.4, -0.2) is 0 Å². The van der Waals surface area contributed by atoms with E-state index in [-0.39, 0.29) is 0 Å². The molecule has 0 spiro atoms. The van der Waals surface area contributed by atoms with Crippen molar-refractivity contribution >= 4 is 98.8 Å². The molecule has 0 heterocycles. The van der Waals surface area contributed by atoms with Gasteiger partial charge in [0, 0.05) is 43.7 Å². The summed E-state index contributed by atoms with van der Waals surface area (Å²) in [5.41, 5.74) is 11.9. The first-order valence-corrected chi connectivity index (χ1v) is 22.2. The minimum absolute atomic E-state index is 1.12. The lowest BCUT2D eigenvalue weighted by Crippen LogP contribution is -2.13. The van der Waals surface area contributed by atoms with Crippen LogP contribution in [-0.2, 0) is 0 Å². The molecule has 0 N–H and O–H groups in total. The lowest BCUT2D eigenvalue weighted by atomic mass is 9.84. The molecule has 302 valence electrons. The molecule has 2 nitrogen and oxygen atoms in total. The zero-order valence-corrected chi connectivity index (χ0v) is 35.8. The monoisotopic (exact) mass is 816 g/mol. The van der Waals surface area contributed by atoms with Gasteiger partial charge in [0.1, 0.15) is 0 Å². The summed E-state index contributed by atoms with van der Waals surface area (Å²) in [7, 11) is 0. The van der Waals surface area contributed by atoms with E-state index in [2.05, 4.69) is 254 Å². The summed E-state index contributed by atoms with van der Waals surface area (Å²) in [4.78, 5) is 5.00. The van der Waals surface area contributed by atoms with Crippen LogP contribution < -0.4 is 9.80 Å². The highest BCUT2D eigenvalue weighted by atomic mass is 15.2. The van der Waals surface area contributed by atoms with Gasteiger partial charge in [-0.3, -0.25) is 0 Å². The molecule has 2 heteroatoms. The number of benzene rings is 12. The van der Waals surface area contributed by atoms with Crippen LogP contribution in [0.15, 0.2) is 231 Å². The molecule has 0 atom stereocenters. The van der Waals surface area contributed by atoms with E-state index in [1.54, 1.807) is 0 Å². The summed E-state index contributed by atoms with van der Waals surface area (Å²) in [6.45, 7) is 4.42. The first-order chi connectivity index (χ1) is 31.7. The van der Waals surface area contributed by atoms with Crippen molar-refractivity contribution in [3.63, 3.8) is 0 Å². The zero-order chi connectivity index (χ0) is 42.7. The molecule has 0 amide bonds. The Hall–Kier alpha value is -8.20. The topological polar surface area (TPSA) is 6.48 Å². The molecule has 12 rings (SSSR count). The molecule has 0 aliphatic heterocycles. The molecule has 0 aliphatic rings. The predicted molar refractivity (Wildman–Crippen MR) is 276 cm³/mol. The lowest BCUT2D eigenvalue weighted by molar-refractivity contribution is 1.32. The maximum atomic E-state index is 2.50. The molecule has 64 heavy (non-hydrogen) atoms. The molecular weight excluding hydrogens is 773 g/mol. The quantitative estimate of drug-likeness (QED) is 0.148.